The van der Waals surface area contributed by atoms with Gasteiger partial charge in [0.05, 0.1) is 5.52 Å². The number of pyridine rings is 1. The highest BCUT2D eigenvalue weighted by atomic mass is 79.9. The number of nitrogens with zero attached hydrogens (tertiary/aromatic N) is 1. The van der Waals surface area contributed by atoms with Crippen LogP contribution in [0.25, 0.3) is 10.9 Å². The van der Waals surface area contributed by atoms with Gasteiger partial charge in [-0.1, -0.05) is 28.1 Å². The van der Waals surface area contributed by atoms with Crippen molar-refractivity contribution in [3.63, 3.8) is 0 Å². The maximum Gasteiger partial charge on any atom is 0.325 e. The Hall–Kier alpha value is -1.46. The molecule has 104 valence electrons. The fraction of sp³-hybridized carbons (Fsp3) is 0.333. The number of carbonyl (C=O) groups is 1. The monoisotopic (exact) mass is 334 g/mol. The topological polar surface area (TPSA) is 62.2 Å². The average molecular weight is 335 g/mol. The summed E-state index contributed by atoms with van der Waals surface area (Å²) in [5, 5.41) is 13.6. The highest BCUT2D eigenvalue weighted by Crippen LogP contribution is 2.31. The maximum atomic E-state index is 11.6. The lowest BCUT2D eigenvalue weighted by molar-refractivity contribution is -0.139. The van der Waals surface area contributed by atoms with Gasteiger partial charge in [-0.25, -0.2) is 0 Å². The molecule has 2 N–H and O–H groups in total. The first kappa shape index (κ1) is 13.5. The Morgan fingerprint density at radius 1 is 1.45 bits per heavy atom. The van der Waals surface area contributed by atoms with Gasteiger partial charge in [-0.2, -0.15) is 0 Å². The number of halogens is 1. The molecule has 5 heteroatoms. The molecule has 1 atom stereocenters. The van der Waals surface area contributed by atoms with Gasteiger partial charge in [-0.3, -0.25) is 9.78 Å². The molecule has 1 aliphatic carbocycles. The lowest BCUT2D eigenvalue weighted by Crippen LogP contribution is -2.30. The number of hydrogen-bond donors (Lipinski definition) is 2. The van der Waals surface area contributed by atoms with Crippen LogP contribution in [0.3, 0.4) is 0 Å². The zero-order chi connectivity index (χ0) is 14.1. The normalized spacial score (nSPS) is 16.2. The Morgan fingerprint density at radius 2 is 2.25 bits per heavy atom. The molecule has 0 radical (unpaired) electrons. The van der Waals surface area contributed by atoms with Crippen LogP contribution in [0.4, 0.5) is 0 Å². The van der Waals surface area contributed by atoms with Crippen molar-refractivity contribution in [2.45, 2.75) is 18.9 Å². The SMILES string of the molecule is O=C(O)C(NCC1CC1)c1ccc(Br)c2cccnc12. The molecule has 1 aromatic heterocycles. The molecule has 1 heterocycles. The van der Waals surface area contributed by atoms with Crippen LogP contribution in [0.1, 0.15) is 24.4 Å². The lowest BCUT2D eigenvalue weighted by atomic mass is 10.0. The van der Waals surface area contributed by atoms with Crippen molar-refractivity contribution in [3.8, 4) is 0 Å². The van der Waals surface area contributed by atoms with E-state index in [1.165, 1.54) is 12.8 Å². The highest BCUT2D eigenvalue weighted by Gasteiger charge is 2.27. The second kappa shape index (κ2) is 5.50. The number of hydrogen-bond acceptors (Lipinski definition) is 3. The first-order chi connectivity index (χ1) is 9.66. The Kier molecular flexibility index (Phi) is 3.72. The van der Waals surface area contributed by atoms with Gasteiger partial charge >= 0.3 is 5.97 Å². The summed E-state index contributed by atoms with van der Waals surface area (Å²) < 4.78 is 0.927. The van der Waals surface area contributed by atoms with E-state index in [1.807, 2.05) is 24.3 Å². The fourth-order valence-corrected chi connectivity index (χ4v) is 2.78. The van der Waals surface area contributed by atoms with Gasteiger partial charge in [0.1, 0.15) is 6.04 Å². The summed E-state index contributed by atoms with van der Waals surface area (Å²) >= 11 is 3.48. The molecule has 1 aromatic carbocycles. The molecule has 0 aliphatic heterocycles. The average Bonchev–Trinajstić information content (AvgIpc) is 3.25. The van der Waals surface area contributed by atoms with Crippen molar-refractivity contribution in [1.82, 2.24) is 10.3 Å². The van der Waals surface area contributed by atoms with E-state index >= 15 is 0 Å². The van der Waals surface area contributed by atoms with E-state index in [4.69, 9.17) is 0 Å². The molecule has 2 aromatic rings. The predicted molar refractivity (Wildman–Crippen MR) is 80.5 cm³/mol. The van der Waals surface area contributed by atoms with E-state index in [9.17, 15) is 9.90 Å². The number of rotatable bonds is 5. The first-order valence-corrected chi connectivity index (χ1v) is 7.45. The molecule has 1 fully saturated rings. The predicted octanol–water partition coefficient (Wildman–Crippen LogP) is 3.12. The number of aliphatic carboxylic acids is 1. The minimum absolute atomic E-state index is 0.631. The van der Waals surface area contributed by atoms with Gasteiger partial charge in [0.25, 0.3) is 0 Å². The molecule has 4 nitrogen and oxygen atoms in total. The summed E-state index contributed by atoms with van der Waals surface area (Å²) in [7, 11) is 0. The molecular weight excluding hydrogens is 320 g/mol. The smallest absolute Gasteiger partial charge is 0.325 e. The third-order valence-electron chi connectivity index (χ3n) is 3.61. The zero-order valence-electron chi connectivity index (χ0n) is 10.8. The van der Waals surface area contributed by atoms with Gasteiger partial charge in [0.15, 0.2) is 0 Å². The van der Waals surface area contributed by atoms with Crippen LogP contribution in [0.15, 0.2) is 34.9 Å². The largest absolute Gasteiger partial charge is 0.480 e. The van der Waals surface area contributed by atoms with Crippen LogP contribution in [0, 0.1) is 5.92 Å². The standard InChI is InChI=1S/C15H15BrN2O2/c16-12-6-5-11(13-10(12)2-1-7-17-13)14(15(19)20)18-8-9-3-4-9/h1-2,5-7,9,14,18H,3-4,8H2,(H,19,20). The van der Waals surface area contributed by atoms with Crippen LogP contribution in [-0.2, 0) is 4.79 Å². The number of carboxylic acids is 1. The van der Waals surface area contributed by atoms with Crippen LogP contribution >= 0.6 is 15.9 Å². The number of carboxylic acid groups (broad SMARTS) is 1. The lowest BCUT2D eigenvalue weighted by Gasteiger charge is -2.16. The third kappa shape index (κ3) is 2.69. The number of fused-ring (bicyclic) bond motifs is 1. The highest BCUT2D eigenvalue weighted by molar-refractivity contribution is 9.10. The summed E-state index contributed by atoms with van der Waals surface area (Å²) in [6.45, 7) is 0.751. The fourth-order valence-electron chi connectivity index (χ4n) is 2.33. The number of benzene rings is 1. The van der Waals surface area contributed by atoms with Gasteiger partial charge in [0.2, 0.25) is 0 Å². The summed E-state index contributed by atoms with van der Waals surface area (Å²) in [6, 6.07) is 6.80. The molecule has 0 spiro atoms. The van der Waals surface area contributed by atoms with E-state index < -0.39 is 12.0 Å². The number of aromatic nitrogens is 1. The summed E-state index contributed by atoms with van der Waals surface area (Å²) in [5.74, 6) is -0.230. The Balaban J connectivity index is 2.01. The van der Waals surface area contributed by atoms with E-state index in [0.29, 0.717) is 5.92 Å². The molecule has 1 aliphatic rings. The minimum Gasteiger partial charge on any atom is -0.480 e. The zero-order valence-corrected chi connectivity index (χ0v) is 12.4. The molecule has 0 saturated heterocycles. The van der Waals surface area contributed by atoms with Crippen molar-refractivity contribution in [3.05, 3.63) is 40.5 Å². The number of nitrogens with one attached hydrogen (secondary N) is 1. The molecular formula is C15H15BrN2O2. The molecule has 20 heavy (non-hydrogen) atoms. The van der Waals surface area contributed by atoms with Crippen molar-refractivity contribution in [1.29, 1.82) is 0 Å². The molecule has 1 saturated carbocycles. The van der Waals surface area contributed by atoms with Crippen molar-refractivity contribution < 1.29 is 9.90 Å². The first-order valence-electron chi connectivity index (χ1n) is 6.66. The van der Waals surface area contributed by atoms with Gasteiger partial charge in [-0.05, 0) is 37.4 Å². The van der Waals surface area contributed by atoms with Crippen molar-refractivity contribution in [2.24, 2.45) is 5.92 Å². The van der Waals surface area contributed by atoms with Gasteiger partial charge < -0.3 is 10.4 Å². The third-order valence-corrected chi connectivity index (χ3v) is 4.30. The maximum absolute atomic E-state index is 11.6. The molecule has 0 bridgehead atoms. The molecule has 0 amide bonds. The van der Waals surface area contributed by atoms with Crippen LogP contribution in [-0.4, -0.2) is 22.6 Å². The summed E-state index contributed by atoms with van der Waals surface area (Å²) in [4.78, 5) is 15.9. The summed E-state index contributed by atoms with van der Waals surface area (Å²) in [6.07, 6.45) is 4.08. The molecule has 1 unspecified atom stereocenters. The van der Waals surface area contributed by atoms with Gasteiger partial charge in [0, 0.05) is 21.6 Å². The van der Waals surface area contributed by atoms with Gasteiger partial charge in [-0.15, -0.1) is 0 Å². The Bertz CT molecular complexity index is 655. The quantitative estimate of drug-likeness (QED) is 0.881. The molecule has 3 rings (SSSR count). The van der Waals surface area contributed by atoms with E-state index in [1.54, 1.807) is 6.20 Å². The Morgan fingerprint density at radius 3 is 2.95 bits per heavy atom. The van der Waals surface area contributed by atoms with E-state index in [0.717, 1.165) is 27.5 Å². The van der Waals surface area contributed by atoms with E-state index in [2.05, 4.69) is 26.2 Å². The van der Waals surface area contributed by atoms with E-state index in [-0.39, 0.29) is 0 Å². The van der Waals surface area contributed by atoms with Crippen molar-refractivity contribution in [2.75, 3.05) is 6.54 Å². The Labute approximate surface area is 125 Å². The second-order valence-electron chi connectivity index (χ2n) is 5.16. The van der Waals surface area contributed by atoms with Crippen LogP contribution < -0.4 is 5.32 Å². The summed E-state index contributed by atoms with van der Waals surface area (Å²) in [5.41, 5.74) is 1.45. The second-order valence-corrected chi connectivity index (χ2v) is 6.01. The van der Waals surface area contributed by atoms with Crippen molar-refractivity contribution >= 4 is 32.8 Å². The van der Waals surface area contributed by atoms with Crippen LogP contribution in [0.5, 0.6) is 0 Å². The van der Waals surface area contributed by atoms with Crippen LogP contribution in [0.2, 0.25) is 0 Å². The minimum atomic E-state index is -0.861.